The first-order valence-electron chi connectivity index (χ1n) is 6.98. The van der Waals surface area contributed by atoms with E-state index < -0.39 is 6.36 Å². The van der Waals surface area contributed by atoms with E-state index in [2.05, 4.69) is 4.74 Å². The van der Waals surface area contributed by atoms with Crippen molar-refractivity contribution in [1.29, 1.82) is 0 Å². The Kier molecular flexibility index (Phi) is 3.75. The van der Waals surface area contributed by atoms with Crippen molar-refractivity contribution in [2.45, 2.75) is 19.2 Å². The number of hydrogen-bond acceptors (Lipinski definition) is 3. The molecule has 1 aliphatic rings. The van der Waals surface area contributed by atoms with Crippen molar-refractivity contribution >= 4 is 5.78 Å². The molecule has 3 nitrogen and oxygen atoms in total. The number of ketones is 1. The van der Waals surface area contributed by atoms with Crippen LogP contribution in [-0.2, 0) is 6.42 Å². The molecule has 0 unspecified atom stereocenters. The van der Waals surface area contributed by atoms with E-state index in [0.717, 1.165) is 5.56 Å². The number of Topliss-reactive ketones (excluding diaryl/α,β-unsaturated/α-hetero) is 1. The summed E-state index contributed by atoms with van der Waals surface area (Å²) in [5.41, 5.74) is 2.12. The molecule has 2 aromatic rings. The molecule has 3 rings (SSSR count). The summed E-state index contributed by atoms with van der Waals surface area (Å²) in [4.78, 5) is 11.8. The molecule has 0 saturated carbocycles. The number of para-hydroxylation sites is 1. The molecule has 0 spiro atoms. The third-order valence-electron chi connectivity index (χ3n) is 3.75. The maximum absolute atomic E-state index is 12.6. The quantitative estimate of drug-likeness (QED) is 0.841. The molecule has 120 valence electrons. The standard InChI is InChI=1S/C17H13F3O3/c1-22-16-9-12-10(6-7-14(12)21)8-13(16)11-4-2-3-5-15(11)23-17(18,19)20/h2-5,8-9H,6-7H2,1H3. The third kappa shape index (κ3) is 3.02. The molecule has 0 bridgehead atoms. The fourth-order valence-electron chi connectivity index (χ4n) is 2.76. The number of rotatable bonds is 3. The SMILES string of the molecule is COc1cc2c(cc1-c1ccccc1OC(F)(F)F)CCC2=O. The topological polar surface area (TPSA) is 35.5 Å². The first-order chi connectivity index (χ1) is 10.9. The van der Waals surface area contributed by atoms with Crippen molar-refractivity contribution in [3.63, 3.8) is 0 Å². The van der Waals surface area contributed by atoms with Gasteiger partial charge in [-0.3, -0.25) is 4.79 Å². The molecule has 0 heterocycles. The third-order valence-corrected chi connectivity index (χ3v) is 3.75. The van der Waals surface area contributed by atoms with E-state index in [1.165, 1.54) is 25.3 Å². The Hall–Kier alpha value is -2.50. The van der Waals surface area contributed by atoms with E-state index in [9.17, 15) is 18.0 Å². The molecule has 1 aliphatic carbocycles. The van der Waals surface area contributed by atoms with Gasteiger partial charge in [-0.2, -0.15) is 0 Å². The summed E-state index contributed by atoms with van der Waals surface area (Å²) in [6, 6.07) is 9.16. The van der Waals surface area contributed by atoms with Crippen molar-refractivity contribution in [1.82, 2.24) is 0 Å². The predicted molar refractivity (Wildman–Crippen MR) is 77.8 cm³/mol. The fraction of sp³-hybridized carbons (Fsp3) is 0.235. The van der Waals surface area contributed by atoms with Crippen LogP contribution < -0.4 is 9.47 Å². The van der Waals surface area contributed by atoms with Gasteiger partial charge in [-0.25, -0.2) is 0 Å². The number of alkyl halides is 3. The maximum Gasteiger partial charge on any atom is 0.573 e. The highest BCUT2D eigenvalue weighted by atomic mass is 19.4. The average molecular weight is 322 g/mol. The first kappa shape index (κ1) is 15.4. The number of carbonyl (C=O) groups excluding carboxylic acids is 1. The molecular formula is C17H13F3O3. The smallest absolute Gasteiger partial charge is 0.496 e. The number of hydrogen-bond donors (Lipinski definition) is 0. The second-order valence-corrected chi connectivity index (χ2v) is 5.18. The van der Waals surface area contributed by atoms with E-state index in [0.29, 0.717) is 29.7 Å². The lowest BCUT2D eigenvalue weighted by atomic mass is 9.98. The number of benzene rings is 2. The number of methoxy groups -OCH3 is 1. The Labute approximate surface area is 130 Å². The Balaban J connectivity index is 2.14. The lowest BCUT2D eigenvalue weighted by Crippen LogP contribution is -2.17. The average Bonchev–Trinajstić information content (AvgIpc) is 2.86. The largest absolute Gasteiger partial charge is 0.573 e. The molecular weight excluding hydrogens is 309 g/mol. The Morgan fingerprint density at radius 3 is 2.39 bits per heavy atom. The zero-order valence-corrected chi connectivity index (χ0v) is 12.2. The van der Waals surface area contributed by atoms with Crippen LogP contribution in [0.3, 0.4) is 0 Å². The molecule has 0 amide bonds. The zero-order chi connectivity index (χ0) is 16.6. The van der Waals surface area contributed by atoms with E-state index in [1.807, 2.05) is 0 Å². The van der Waals surface area contributed by atoms with Crippen LogP contribution in [-0.4, -0.2) is 19.3 Å². The van der Waals surface area contributed by atoms with Gasteiger partial charge >= 0.3 is 6.36 Å². The van der Waals surface area contributed by atoms with Crippen LogP contribution in [0.15, 0.2) is 36.4 Å². The Bertz CT molecular complexity index is 766. The summed E-state index contributed by atoms with van der Waals surface area (Å²) in [6.07, 6.45) is -3.80. The van der Waals surface area contributed by atoms with Gasteiger partial charge in [-0.15, -0.1) is 13.2 Å². The minimum atomic E-state index is -4.78. The van der Waals surface area contributed by atoms with E-state index >= 15 is 0 Å². The van der Waals surface area contributed by atoms with Gasteiger partial charge in [0.2, 0.25) is 0 Å². The number of halogens is 3. The second kappa shape index (κ2) is 5.61. The molecule has 23 heavy (non-hydrogen) atoms. The number of aryl methyl sites for hydroxylation is 1. The van der Waals surface area contributed by atoms with Gasteiger partial charge in [0.15, 0.2) is 5.78 Å². The summed E-state index contributed by atoms with van der Waals surface area (Å²) in [6.45, 7) is 0. The summed E-state index contributed by atoms with van der Waals surface area (Å²) in [7, 11) is 1.41. The summed E-state index contributed by atoms with van der Waals surface area (Å²) in [5.74, 6) is 0.0597. The minimum Gasteiger partial charge on any atom is -0.496 e. The van der Waals surface area contributed by atoms with Gasteiger partial charge in [0, 0.05) is 23.1 Å². The van der Waals surface area contributed by atoms with Gasteiger partial charge < -0.3 is 9.47 Å². The van der Waals surface area contributed by atoms with Crippen LogP contribution in [0.1, 0.15) is 22.3 Å². The van der Waals surface area contributed by atoms with Crippen molar-refractivity contribution in [2.75, 3.05) is 7.11 Å². The highest BCUT2D eigenvalue weighted by Crippen LogP contribution is 2.41. The summed E-state index contributed by atoms with van der Waals surface area (Å²) in [5, 5.41) is 0. The molecule has 0 saturated heterocycles. The van der Waals surface area contributed by atoms with Crippen molar-refractivity contribution in [3.8, 4) is 22.6 Å². The molecule has 6 heteroatoms. The van der Waals surface area contributed by atoms with Crippen LogP contribution in [0.5, 0.6) is 11.5 Å². The summed E-state index contributed by atoms with van der Waals surface area (Å²) < 4.78 is 47.2. The molecule has 0 fully saturated rings. The predicted octanol–water partition coefficient (Wildman–Crippen LogP) is 4.39. The molecule has 0 aromatic heterocycles. The maximum atomic E-state index is 12.6. The Morgan fingerprint density at radius 1 is 0.957 bits per heavy atom. The lowest BCUT2D eigenvalue weighted by molar-refractivity contribution is -0.274. The van der Waals surface area contributed by atoms with Gasteiger partial charge in [-0.1, -0.05) is 18.2 Å². The van der Waals surface area contributed by atoms with Gasteiger partial charge in [0.1, 0.15) is 11.5 Å². The highest BCUT2D eigenvalue weighted by molar-refractivity contribution is 6.02. The highest BCUT2D eigenvalue weighted by Gasteiger charge is 2.32. The van der Waals surface area contributed by atoms with Crippen molar-refractivity contribution < 1.29 is 27.4 Å². The Morgan fingerprint density at radius 2 is 1.70 bits per heavy atom. The minimum absolute atomic E-state index is 0.0182. The number of ether oxygens (including phenoxy) is 2. The molecule has 2 aromatic carbocycles. The van der Waals surface area contributed by atoms with Gasteiger partial charge in [-0.05, 0) is 30.2 Å². The molecule has 0 aliphatic heterocycles. The van der Waals surface area contributed by atoms with E-state index in [4.69, 9.17) is 4.74 Å². The van der Waals surface area contributed by atoms with Crippen LogP contribution in [0, 0.1) is 0 Å². The molecule has 0 N–H and O–H groups in total. The van der Waals surface area contributed by atoms with E-state index in [1.54, 1.807) is 18.2 Å². The van der Waals surface area contributed by atoms with Crippen LogP contribution in [0.25, 0.3) is 11.1 Å². The van der Waals surface area contributed by atoms with Gasteiger partial charge in [0.25, 0.3) is 0 Å². The molecule has 0 atom stereocenters. The fourth-order valence-corrected chi connectivity index (χ4v) is 2.76. The van der Waals surface area contributed by atoms with Crippen molar-refractivity contribution in [2.24, 2.45) is 0 Å². The summed E-state index contributed by atoms with van der Waals surface area (Å²) >= 11 is 0. The first-order valence-corrected chi connectivity index (χ1v) is 6.98. The second-order valence-electron chi connectivity index (χ2n) is 5.18. The van der Waals surface area contributed by atoms with Crippen LogP contribution in [0.4, 0.5) is 13.2 Å². The normalized spacial score (nSPS) is 13.8. The number of carbonyl (C=O) groups is 1. The van der Waals surface area contributed by atoms with Crippen LogP contribution in [0.2, 0.25) is 0 Å². The van der Waals surface area contributed by atoms with E-state index in [-0.39, 0.29) is 17.1 Å². The number of fused-ring (bicyclic) bond motifs is 1. The van der Waals surface area contributed by atoms with Gasteiger partial charge in [0.05, 0.1) is 7.11 Å². The lowest BCUT2D eigenvalue weighted by Gasteiger charge is -2.16. The zero-order valence-electron chi connectivity index (χ0n) is 12.2. The monoisotopic (exact) mass is 322 g/mol. The molecule has 0 radical (unpaired) electrons. The van der Waals surface area contributed by atoms with Crippen LogP contribution >= 0.6 is 0 Å². The van der Waals surface area contributed by atoms with Crippen molar-refractivity contribution in [3.05, 3.63) is 47.5 Å².